The van der Waals surface area contributed by atoms with Gasteiger partial charge in [-0.2, -0.15) is 0 Å². The van der Waals surface area contributed by atoms with Crippen molar-refractivity contribution in [1.82, 2.24) is 0 Å². The molecular weight excluding hydrogens is 721 g/mol. The van der Waals surface area contributed by atoms with Crippen LogP contribution in [0.25, 0.3) is 0 Å². The van der Waals surface area contributed by atoms with Crippen molar-refractivity contribution >= 4 is 17.9 Å². The molecule has 0 heterocycles. The lowest BCUT2D eigenvalue weighted by Crippen LogP contribution is -2.30. The van der Waals surface area contributed by atoms with Crippen LogP contribution in [0.15, 0.2) is 72.9 Å². The van der Waals surface area contributed by atoms with Gasteiger partial charge in [-0.15, -0.1) is 0 Å². The van der Waals surface area contributed by atoms with E-state index in [0.29, 0.717) is 19.3 Å². The minimum absolute atomic E-state index is 0.107. The summed E-state index contributed by atoms with van der Waals surface area (Å²) < 4.78 is 16.7. The molecule has 0 aliphatic rings. The van der Waals surface area contributed by atoms with Crippen molar-refractivity contribution in [3.05, 3.63) is 72.9 Å². The van der Waals surface area contributed by atoms with Crippen molar-refractivity contribution in [2.75, 3.05) is 13.2 Å². The van der Waals surface area contributed by atoms with E-state index in [4.69, 9.17) is 14.2 Å². The standard InChI is InChI=1S/C52H88O6/c1-4-7-10-13-16-19-22-24-25-26-28-30-33-36-39-42-45-51(54)57-48-49(47-56-50(53)44-41-38-35-32-29-21-18-15-12-9-6-3)58-52(55)46-43-40-37-34-31-27-23-20-17-14-11-8-5-2/h7,10,15-16,18-19,24-25,27,31,37,40,49H,4-6,8-9,11-14,17,20-23,26,28-30,32-36,38-39,41-48H2,1-3H3/b10-7-,18-15-,19-16-,25-24-,31-27-,40-37-. The first-order chi connectivity index (χ1) is 28.5. The third kappa shape index (κ3) is 44.0. The molecule has 0 N–H and O–H groups in total. The highest BCUT2D eigenvalue weighted by Crippen LogP contribution is 2.13. The SMILES string of the molecule is CC/C=C\C/C=C\C/C=C\CCCCCCCCC(=O)OCC(COC(=O)CCCCCCC/C=C\CCCC)OC(=O)CC/C=C\C/C=C\CCCCCCCC. The van der Waals surface area contributed by atoms with Gasteiger partial charge in [0.2, 0.25) is 0 Å². The molecule has 0 saturated heterocycles. The van der Waals surface area contributed by atoms with Crippen molar-refractivity contribution in [3.63, 3.8) is 0 Å². The van der Waals surface area contributed by atoms with Gasteiger partial charge < -0.3 is 14.2 Å². The van der Waals surface area contributed by atoms with Gasteiger partial charge in [-0.3, -0.25) is 14.4 Å². The summed E-state index contributed by atoms with van der Waals surface area (Å²) in [6, 6.07) is 0. The second kappa shape index (κ2) is 46.5. The third-order valence-corrected chi connectivity index (χ3v) is 9.93. The number of carbonyl (C=O) groups is 3. The molecule has 0 aromatic heterocycles. The van der Waals surface area contributed by atoms with Crippen LogP contribution in [-0.4, -0.2) is 37.2 Å². The summed E-state index contributed by atoms with van der Waals surface area (Å²) in [6.07, 6.45) is 57.5. The molecular formula is C52H88O6. The Morgan fingerprint density at radius 1 is 0.362 bits per heavy atom. The molecule has 0 rings (SSSR count). The second-order valence-corrected chi connectivity index (χ2v) is 15.6. The first kappa shape index (κ1) is 54.9. The fourth-order valence-corrected chi connectivity index (χ4v) is 6.31. The Morgan fingerprint density at radius 2 is 0.724 bits per heavy atom. The molecule has 0 amide bonds. The summed E-state index contributed by atoms with van der Waals surface area (Å²) in [5.74, 6) is -1.00. The molecule has 0 fully saturated rings. The van der Waals surface area contributed by atoms with Crippen LogP contribution in [0.3, 0.4) is 0 Å². The summed E-state index contributed by atoms with van der Waals surface area (Å²) in [6.45, 7) is 6.40. The van der Waals surface area contributed by atoms with E-state index in [1.165, 1.54) is 77.0 Å². The number of allylic oxidation sites excluding steroid dienone is 12. The van der Waals surface area contributed by atoms with Gasteiger partial charge in [0.15, 0.2) is 6.10 Å². The number of esters is 3. The number of hydrogen-bond donors (Lipinski definition) is 0. The van der Waals surface area contributed by atoms with E-state index in [0.717, 1.165) is 96.3 Å². The Hall–Kier alpha value is -3.15. The average molecular weight is 809 g/mol. The van der Waals surface area contributed by atoms with E-state index in [2.05, 4.69) is 87.6 Å². The largest absolute Gasteiger partial charge is 0.462 e. The predicted molar refractivity (Wildman–Crippen MR) is 247 cm³/mol. The number of rotatable bonds is 42. The summed E-state index contributed by atoms with van der Waals surface area (Å²) in [5, 5.41) is 0. The van der Waals surface area contributed by atoms with Crippen LogP contribution >= 0.6 is 0 Å². The Bertz CT molecular complexity index is 1110. The van der Waals surface area contributed by atoms with Gasteiger partial charge in [-0.25, -0.2) is 0 Å². The van der Waals surface area contributed by atoms with Crippen LogP contribution in [0.2, 0.25) is 0 Å². The molecule has 0 aromatic carbocycles. The van der Waals surface area contributed by atoms with Gasteiger partial charge in [-0.1, -0.05) is 184 Å². The first-order valence-electron chi connectivity index (χ1n) is 23.9. The number of ether oxygens (including phenoxy) is 3. The summed E-state index contributed by atoms with van der Waals surface area (Å²) >= 11 is 0. The normalized spacial score (nSPS) is 12.7. The van der Waals surface area contributed by atoms with E-state index < -0.39 is 6.10 Å². The van der Waals surface area contributed by atoms with Crippen LogP contribution in [0, 0.1) is 0 Å². The zero-order valence-corrected chi connectivity index (χ0v) is 37.8. The zero-order valence-electron chi connectivity index (χ0n) is 37.8. The van der Waals surface area contributed by atoms with E-state index in [9.17, 15) is 14.4 Å². The monoisotopic (exact) mass is 809 g/mol. The first-order valence-corrected chi connectivity index (χ1v) is 23.9. The van der Waals surface area contributed by atoms with E-state index >= 15 is 0 Å². The van der Waals surface area contributed by atoms with Crippen LogP contribution in [0.4, 0.5) is 0 Å². The quantitative estimate of drug-likeness (QED) is 0.0264. The Labute approximate surface area is 357 Å². The number of unbranched alkanes of at least 4 members (excludes halogenated alkanes) is 19. The van der Waals surface area contributed by atoms with Crippen LogP contribution < -0.4 is 0 Å². The number of hydrogen-bond acceptors (Lipinski definition) is 6. The van der Waals surface area contributed by atoms with Gasteiger partial charge in [0.1, 0.15) is 13.2 Å². The molecule has 58 heavy (non-hydrogen) atoms. The molecule has 0 aliphatic heterocycles. The summed E-state index contributed by atoms with van der Waals surface area (Å²) in [4.78, 5) is 37.8. The van der Waals surface area contributed by atoms with E-state index in [1.54, 1.807) is 0 Å². The Morgan fingerprint density at radius 3 is 1.19 bits per heavy atom. The van der Waals surface area contributed by atoms with Gasteiger partial charge >= 0.3 is 17.9 Å². The maximum absolute atomic E-state index is 12.7. The zero-order chi connectivity index (χ0) is 42.3. The smallest absolute Gasteiger partial charge is 0.306 e. The molecule has 1 unspecified atom stereocenters. The third-order valence-electron chi connectivity index (χ3n) is 9.93. The summed E-state index contributed by atoms with van der Waals surface area (Å²) in [7, 11) is 0. The topological polar surface area (TPSA) is 78.9 Å². The van der Waals surface area contributed by atoms with Gasteiger partial charge in [0.25, 0.3) is 0 Å². The van der Waals surface area contributed by atoms with Gasteiger partial charge in [-0.05, 0) is 89.9 Å². The van der Waals surface area contributed by atoms with Crippen molar-refractivity contribution in [3.8, 4) is 0 Å². The van der Waals surface area contributed by atoms with Crippen LogP contribution in [0.5, 0.6) is 0 Å². The molecule has 0 bridgehead atoms. The molecule has 0 saturated carbocycles. The minimum atomic E-state index is -0.812. The second-order valence-electron chi connectivity index (χ2n) is 15.6. The highest BCUT2D eigenvalue weighted by Gasteiger charge is 2.19. The molecule has 1 atom stereocenters. The molecule has 0 aliphatic carbocycles. The van der Waals surface area contributed by atoms with Crippen molar-refractivity contribution in [1.29, 1.82) is 0 Å². The molecule has 0 aromatic rings. The van der Waals surface area contributed by atoms with Crippen molar-refractivity contribution in [2.24, 2.45) is 0 Å². The number of carbonyl (C=O) groups excluding carboxylic acids is 3. The highest BCUT2D eigenvalue weighted by molar-refractivity contribution is 5.71. The molecule has 0 radical (unpaired) electrons. The fraction of sp³-hybridized carbons (Fsp3) is 0.712. The van der Waals surface area contributed by atoms with E-state index in [-0.39, 0.29) is 37.5 Å². The Balaban J connectivity index is 4.47. The van der Waals surface area contributed by atoms with Crippen molar-refractivity contribution < 1.29 is 28.6 Å². The maximum Gasteiger partial charge on any atom is 0.306 e. The highest BCUT2D eigenvalue weighted by atomic mass is 16.6. The van der Waals surface area contributed by atoms with Crippen LogP contribution in [0.1, 0.15) is 220 Å². The predicted octanol–water partition coefficient (Wildman–Crippen LogP) is 15.5. The molecule has 6 nitrogen and oxygen atoms in total. The van der Waals surface area contributed by atoms with Gasteiger partial charge in [0, 0.05) is 19.3 Å². The van der Waals surface area contributed by atoms with E-state index in [1.807, 2.05) is 6.08 Å². The molecule has 332 valence electrons. The Kier molecular flexibility index (Phi) is 44.0. The molecule has 6 heteroatoms. The maximum atomic E-state index is 12.7. The lowest BCUT2D eigenvalue weighted by molar-refractivity contribution is -0.166. The summed E-state index contributed by atoms with van der Waals surface area (Å²) in [5.41, 5.74) is 0. The lowest BCUT2D eigenvalue weighted by atomic mass is 10.1. The van der Waals surface area contributed by atoms with Gasteiger partial charge in [0.05, 0.1) is 0 Å². The van der Waals surface area contributed by atoms with Crippen molar-refractivity contribution in [2.45, 2.75) is 226 Å². The average Bonchev–Trinajstić information content (AvgIpc) is 3.22. The van der Waals surface area contributed by atoms with Crippen LogP contribution in [-0.2, 0) is 28.6 Å². The molecule has 0 spiro atoms. The minimum Gasteiger partial charge on any atom is -0.462 e. The lowest BCUT2D eigenvalue weighted by Gasteiger charge is -2.18. The fourth-order valence-electron chi connectivity index (χ4n) is 6.31.